The smallest absolute Gasteiger partial charge is 0.245 e. The Labute approximate surface area is 118 Å². The third-order valence-electron chi connectivity index (χ3n) is 3.22. The summed E-state index contributed by atoms with van der Waals surface area (Å²) in [6.07, 6.45) is 2.55. The van der Waals surface area contributed by atoms with Crippen LogP contribution in [0.5, 0.6) is 0 Å². The van der Waals surface area contributed by atoms with Gasteiger partial charge in [-0.2, -0.15) is 5.10 Å². The Morgan fingerprint density at radius 1 is 1.40 bits per heavy atom. The van der Waals surface area contributed by atoms with Gasteiger partial charge in [-0.3, -0.25) is 9.48 Å². The van der Waals surface area contributed by atoms with Gasteiger partial charge in [0.25, 0.3) is 0 Å². The number of carbonyl (C=O) groups is 1. The highest BCUT2D eigenvalue weighted by Gasteiger charge is 2.17. The van der Waals surface area contributed by atoms with Gasteiger partial charge in [0.2, 0.25) is 5.91 Å². The number of nitrogens with one attached hydrogen (secondary N) is 1. The Morgan fingerprint density at radius 2 is 2.05 bits per heavy atom. The van der Waals surface area contributed by atoms with Gasteiger partial charge in [0.15, 0.2) is 0 Å². The van der Waals surface area contributed by atoms with Gasteiger partial charge in [0.1, 0.15) is 6.04 Å². The Bertz CT molecular complexity index is 601. The molecular weight excluding hydrogens is 252 g/mol. The molecule has 1 aromatic heterocycles. The first-order valence-corrected chi connectivity index (χ1v) is 6.66. The minimum Gasteiger partial charge on any atom is -0.322 e. The Kier molecular flexibility index (Phi) is 4.20. The molecule has 0 aliphatic rings. The van der Waals surface area contributed by atoms with Crippen LogP contribution in [-0.2, 0) is 18.3 Å². The number of amides is 1. The molecule has 1 unspecified atom stereocenters. The minimum absolute atomic E-state index is 0.225. The minimum atomic E-state index is -0.680. The van der Waals surface area contributed by atoms with E-state index >= 15 is 0 Å². The summed E-state index contributed by atoms with van der Waals surface area (Å²) in [5, 5.41) is 7.13. The van der Waals surface area contributed by atoms with Crippen molar-refractivity contribution in [1.82, 2.24) is 9.78 Å². The quantitative estimate of drug-likeness (QED) is 0.893. The Balaban J connectivity index is 2.13. The number of aryl methyl sites for hydroxylation is 3. The second kappa shape index (κ2) is 5.88. The lowest BCUT2D eigenvalue weighted by atomic mass is 10.1. The molecule has 106 valence electrons. The van der Waals surface area contributed by atoms with E-state index in [4.69, 9.17) is 5.73 Å². The number of hydrogen-bond acceptors (Lipinski definition) is 3. The first-order valence-electron chi connectivity index (χ1n) is 6.66. The molecule has 1 amide bonds. The fraction of sp³-hybridized carbons (Fsp3) is 0.333. The van der Waals surface area contributed by atoms with Crippen molar-refractivity contribution in [3.05, 3.63) is 47.3 Å². The molecule has 2 rings (SSSR count). The SMILES string of the molecule is CCc1nn(C)cc1NC(=O)C(N)c1ccc(C)cc1. The van der Waals surface area contributed by atoms with Crippen molar-refractivity contribution >= 4 is 11.6 Å². The summed E-state index contributed by atoms with van der Waals surface area (Å²) in [5.74, 6) is -0.225. The van der Waals surface area contributed by atoms with Crippen LogP contribution in [0.15, 0.2) is 30.5 Å². The standard InChI is InChI=1S/C15H20N4O/c1-4-12-13(9-19(3)18-12)17-15(20)14(16)11-7-5-10(2)6-8-11/h5-9,14H,4,16H2,1-3H3,(H,17,20). The fourth-order valence-corrected chi connectivity index (χ4v) is 2.04. The van der Waals surface area contributed by atoms with Crippen LogP contribution in [0.4, 0.5) is 5.69 Å². The number of aromatic nitrogens is 2. The van der Waals surface area contributed by atoms with E-state index in [0.717, 1.165) is 28.9 Å². The topological polar surface area (TPSA) is 72.9 Å². The summed E-state index contributed by atoms with van der Waals surface area (Å²) in [6.45, 7) is 4.00. The van der Waals surface area contributed by atoms with Crippen LogP contribution in [0.2, 0.25) is 0 Å². The van der Waals surface area contributed by atoms with E-state index in [2.05, 4.69) is 10.4 Å². The van der Waals surface area contributed by atoms with E-state index in [-0.39, 0.29) is 5.91 Å². The number of nitrogens with two attached hydrogens (primary N) is 1. The van der Waals surface area contributed by atoms with E-state index in [1.54, 1.807) is 10.9 Å². The maximum Gasteiger partial charge on any atom is 0.245 e. The van der Waals surface area contributed by atoms with Crippen molar-refractivity contribution < 1.29 is 4.79 Å². The number of anilines is 1. The third kappa shape index (κ3) is 3.05. The molecule has 0 radical (unpaired) electrons. The molecule has 0 spiro atoms. The summed E-state index contributed by atoms with van der Waals surface area (Å²) in [5.41, 5.74) is 9.52. The Hall–Kier alpha value is -2.14. The van der Waals surface area contributed by atoms with Gasteiger partial charge in [0, 0.05) is 13.2 Å². The maximum absolute atomic E-state index is 12.2. The van der Waals surface area contributed by atoms with E-state index < -0.39 is 6.04 Å². The van der Waals surface area contributed by atoms with Gasteiger partial charge < -0.3 is 11.1 Å². The third-order valence-corrected chi connectivity index (χ3v) is 3.22. The molecule has 20 heavy (non-hydrogen) atoms. The van der Waals surface area contributed by atoms with Crippen LogP contribution in [0.25, 0.3) is 0 Å². The molecule has 0 saturated heterocycles. The van der Waals surface area contributed by atoms with E-state index in [1.807, 2.05) is 45.2 Å². The molecule has 0 fully saturated rings. The molecule has 0 aliphatic heterocycles. The van der Waals surface area contributed by atoms with Crippen molar-refractivity contribution in [3.8, 4) is 0 Å². The molecule has 2 aromatic rings. The fourth-order valence-electron chi connectivity index (χ4n) is 2.04. The number of benzene rings is 1. The maximum atomic E-state index is 12.2. The zero-order valence-electron chi connectivity index (χ0n) is 12.1. The number of nitrogens with zero attached hydrogens (tertiary/aromatic N) is 2. The second-order valence-electron chi connectivity index (χ2n) is 4.89. The van der Waals surface area contributed by atoms with Crippen molar-refractivity contribution in [2.24, 2.45) is 12.8 Å². The van der Waals surface area contributed by atoms with E-state index in [1.165, 1.54) is 0 Å². The van der Waals surface area contributed by atoms with Gasteiger partial charge in [0.05, 0.1) is 11.4 Å². The first-order chi connectivity index (χ1) is 9.51. The zero-order chi connectivity index (χ0) is 14.7. The molecule has 0 bridgehead atoms. The van der Waals surface area contributed by atoms with Crippen LogP contribution in [0.3, 0.4) is 0 Å². The van der Waals surface area contributed by atoms with Crippen molar-refractivity contribution in [1.29, 1.82) is 0 Å². The molecule has 0 saturated carbocycles. The number of rotatable bonds is 4. The predicted octanol–water partition coefficient (Wildman–Crippen LogP) is 1.93. The first kappa shape index (κ1) is 14.3. The largest absolute Gasteiger partial charge is 0.322 e. The second-order valence-corrected chi connectivity index (χ2v) is 4.89. The van der Waals surface area contributed by atoms with Crippen molar-refractivity contribution in [2.75, 3.05) is 5.32 Å². The van der Waals surface area contributed by atoms with Gasteiger partial charge in [-0.15, -0.1) is 0 Å². The monoisotopic (exact) mass is 272 g/mol. The average molecular weight is 272 g/mol. The molecule has 0 aliphatic carbocycles. The molecule has 5 heteroatoms. The van der Waals surface area contributed by atoms with Crippen molar-refractivity contribution in [2.45, 2.75) is 26.3 Å². The van der Waals surface area contributed by atoms with Gasteiger partial charge >= 0.3 is 0 Å². The van der Waals surface area contributed by atoms with Crippen LogP contribution < -0.4 is 11.1 Å². The highest BCUT2D eigenvalue weighted by Crippen LogP contribution is 2.17. The van der Waals surface area contributed by atoms with Crippen LogP contribution in [0.1, 0.15) is 29.8 Å². The predicted molar refractivity (Wildman–Crippen MR) is 79.3 cm³/mol. The molecule has 1 atom stereocenters. The lowest BCUT2D eigenvalue weighted by Gasteiger charge is -2.12. The summed E-state index contributed by atoms with van der Waals surface area (Å²) in [6, 6.07) is 6.97. The van der Waals surface area contributed by atoms with Gasteiger partial charge in [-0.25, -0.2) is 0 Å². The van der Waals surface area contributed by atoms with Crippen molar-refractivity contribution in [3.63, 3.8) is 0 Å². The zero-order valence-corrected chi connectivity index (χ0v) is 12.1. The van der Waals surface area contributed by atoms with E-state index in [0.29, 0.717) is 0 Å². The van der Waals surface area contributed by atoms with Gasteiger partial charge in [-0.05, 0) is 18.9 Å². The van der Waals surface area contributed by atoms with Crippen LogP contribution in [-0.4, -0.2) is 15.7 Å². The molecule has 3 N–H and O–H groups in total. The highest BCUT2D eigenvalue weighted by atomic mass is 16.2. The molecular formula is C15H20N4O. The lowest BCUT2D eigenvalue weighted by molar-refractivity contribution is -0.117. The summed E-state index contributed by atoms with van der Waals surface area (Å²) in [4.78, 5) is 12.2. The average Bonchev–Trinajstić information content (AvgIpc) is 2.78. The van der Waals surface area contributed by atoms with Gasteiger partial charge in [-0.1, -0.05) is 36.8 Å². The lowest BCUT2D eigenvalue weighted by Crippen LogP contribution is -2.27. The van der Waals surface area contributed by atoms with Crippen LogP contribution >= 0.6 is 0 Å². The molecule has 1 heterocycles. The molecule has 5 nitrogen and oxygen atoms in total. The Morgan fingerprint density at radius 3 is 2.65 bits per heavy atom. The van der Waals surface area contributed by atoms with E-state index in [9.17, 15) is 4.79 Å². The number of hydrogen-bond donors (Lipinski definition) is 2. The molecule has 1 aromatic carbocycles. The summed E-state index contributed by atoms with van der Waals surface area (Å²) < 4.78 is 1.69. The highest BCUT2D eigenvalue weighted by molar-refractivity contribution is 5.95. The van der Waals surface area contributed by atoms with Crippen LogP contribution in [0, 0.1) is 6.92 Å². The normalized spacial score (nSPS) is 12.2. The summed E-state index contributed by atoms with van der Waals surface area (Å²) in [7, 11) is 1.83. The summed E-state index contributed by atoms with van der Waals surface area (Å²) >= 11 is 0. The number of carbonyl (C=O) groups excluding carboxylic acids is 1.